The third-order valence-electron chi connectivity index (χ3n) is 3.52. The summed E-state index contributed by atoms with van der Waals surface area (Å²) in [6.45, 7) is 0.185. The Morgan fingerprint density at radius 3 is 2.89 bits per heavy atom. The van der Waals surface area contributed by atoms with Crippen molar-refractivity contribution < 1.29 is 19.2 Å². The van der Waals surface area contributed by atoms with Crippen LogP contribution in [0.5, 0.6) is 5.75 Å². The third kappa shape index (κ3) is 1.45. The first-order chi connectivity index (χ1) is 8.64. The number of cyclic esters (lactones) is 1. The van der Waals surface area contributed by atoms with Crippen LogP contribution in [-0.4, -0.2) is 23.0 Å². The highest BCUT2D eigenvalue weighted by molar-refractivity contribution is 5.83. The molecule has 0 aromatic heterocycles. The molecule has 0 spiro atoms. The van der Waals surface area contributed by atoms with Gasteiger partial charge in [-0.3, -0.25) is 10.1 Å². The van der Waals surface area contributed by atoms with Crippen LogP contribution in [0.25, 0.3) is 0 Å². The summed E-state index contributed by atoms with van der Waals surface area (Å²) in [5.41, 5.74) is -0.854. The Morgan fingerprint density at radius 2 is 2.11 bits per heavy atom. The topological polar surface area (TPSA) is 78.7 Å². The number of fused-ring (bicyclic) bond motifs is 2. The van der Waals surface area contributed by atoms with E-state index in [1.807, 2.05) is 6.07 Å². The van der Waals surface area contributed by atoms with Crippen LogP contribution in [0.15, 0.2) is 24.3 Å². The van der Waals surface area contributed by atoms with Gasteiger partial charge in [0.25, 0.3) is 0 Å². The highest BCUT2D eigenvalue weighted by Crippen LogP contribution is 2.48. The van der Waals surface area contributed by atoms with Gasteiger partial charge in [0.1, 0.15) is 12.4 Å². The molecule has 1 aromatic rings. The molecule has 6 nitrogen and oxygen atoms in total. The number of carbonyl (C=O) groups is 1. The lowest BCUT2D eigenvalue weighted by atomic mass is 10.2. The van der Waals surface area contributed by atoms with E-state index >= 15 is 0 Å². The molecule has 0 amide bonds. The molecule has 0 radical (unpaired) electrons. The number of nitrogens with zero attached hydrogens (tertiary/aromatic N) is 1. The maximum Gasteiger partial charge on any atom is 0.385 e. The molecule has 94 valence electrons. The number of esters is 1. The fourth-order valence-corrected chi connectivity index (χ4v) is 2.28. The van der Waals surface area contributed by atoms with E-state index in [0.717, 1.165) is 5.56 Å². The minimum atomic E-state index is -1.58. The molecule has 1 aromatic carbocycles. The van der Waals surface area contributed by atoms with Gasteiger partial charge in [-0.1, -0.05) is 18.2 Å². The Kier molecular flexibility index (Phi) is 2.26. The second-order valence-electron chi connectivity index (χ2n) is 4.58. The lowest BCUT2D eigenvalue weighted by Crippen LogP contribution is -2.36. The van der Waals surface area contributed by atoms with Crippen molar-refractivity contribution in [3.63, 3.8) is 0 Å². The van der Waals surface area contributed by atoms with Crippen molar-refractivity contribution in [2.24, 2.45) is 5.92 Å². The predicted octanol–water partition coefficient (Wildman–Crippen LogP) is 1.16. The zero-order valence-electron chi connectivity index (χ0n) is 9.50. The van der Waals surface area contributed by atoms with Crippen LogP contribution in [0.1, 0.15) is 12.0 Å². The molecular weight excluding hydrogens is 238 g/mol. The fraction of sp³-hybridized carbons (Fsp3) is 0.417. The second kappa shape index (κ2) is 3.69. The maximum atomic E-state index is 11.8. The normalized spacial score (nSPS) is 29.6. The van der Waals surface area contributed by atoms with Crippen molar-refractivity contribution in [2.45, 2.75) is 18.6 Å². The van der Waals surface area contributed by atoms with Crippen LogP contribution >= 0.6 is 0 Å². The van der Waals surface area contributed by atoms with Crippen molar-refractivity contribution in [2.75, 3.05) is 6.61 Å². The first kappa shape index (κ1) is 11.0. The van der Waals surface area contributed by atoms with E-state index in [-0.39, 0.29) is 19.6 Å². The molecule has 3 rings (SSSR count). The van der Waals surface area contributed by atoms with Crippen molar-refractivity contribution in [3.8, 4) is 5.75 Å². The van der Waals surface area contributed by atoms with Crippen molar-refractivity contribution >= 4 is 5.97 Å². The summed E-state index contributed by atoms with van der Waals surface area (Å²) in [5.74, 6) is -0.527. The molecule has 0 N–H and O–H groups in total. The Bertz CT molecular complexity index is 529. The first-order valence-corrected chi connectivity index (χ1v) is 5.67. The van der Waals surface area contributed by atoms with E-state index < -0.39 is 22.3 Å². The molecule has 2 aliphatic rings. The Hall–Kier alpha value is -2.11. The smallest absolute Gasteiger partial charge is 0.385 e. The molecule has 1 saturated carbocycles. The summed E-state index contributed by atoms with van der Waals surface area (Å²) in [7, 11) is 0. The van der Waals surface area contributed by atoms with Crippen LogP contribution in [0, 0.1) is 16.0 Å². The van der Waals surface area contributed by atoms with Crippen LogP contribution < -0.4 is 4.74 Å². The summed E-state index contributed by atoms with van der Waals surface area (Å²) in [6.07, 6.45) is 0.195. The number of nitro groups is 1. The number of para-hydroxylation sites is 1. The molecule has 1 aliphatic heterocycles. The quantitative estimate of drug-likeness (QED) is 0.424. The molecule has 1 aliphatic carbocycles. The summed E-state index contributed by atoms with van der Waals surface area (Å²) in [6, 6.07) is 7.16. The number of benzene rings is 1. The zero-order chi connectivity index (χ0) is 12.8. The van der Waals surface area contributed by atoms with E-state index in [1.54, 1.807) is 18.2 Å². The Morgan fingerprint density at radius 1 is 1.33 bits per heavy atom. The highest BCUT2D eigenvalue weighted by Gasteiger charge is 2.74. The van der Waals surface area contributed by atoms with E-state index in [1.165, 1.54) is 0 Å². The molecule has 18 heavy (non-hydrogen) atoms. The van der Waals surface area contributed by atoms with Gasteiger partial charge in [-0.15, -0.1) is 0 Å². The molecular formula is C12H11NO5. The van der Waals surface area contributed by atoms with Crippen LogP contribution in [0.2, 0.25) is 0 Å². The molecule has 0 unspecified atom stereocenters. The SMILES string of the molecule is O=C1OCc2ccccc2OC[C@@H]2C[C@]12[N+](=O)[O-]. The van der Waals surface area contributed by atoms with Crippen molar-refractivity contribution in [1.82, 2.24) is 0 Å². The second-order valence-corrected chi connectivity index (χ2v) is 4.58. The number of ether oxygens (including phenoxy) is 2. The molecule has 0 bridgehead atoms. The standard InChI is InChI=1S/C12H11NO5/c14-11-12(13(15)16)5-9(12)7-17-10-4-2-1-3-8(10)6-18-11/h1-4,9H,5-7H2/t9-,12+/m0/s1. The Labute approximate surface area is 103 Å². The summed E-state index contributed by atoms with van der Waals surface area (Å²) in [4.78, 5) is 22.3. The van der Waals surface area contributed by atoms with Crippen LogP contribution in [0.3, 0.4) is 0 Å². The minimum Gasteiger partial charge on any atom is -0.493 e. The van der Waals surface area contributed by atoms with Gasteiger partial charge in [0, 0.05) is 16.9 Å². The minimum absolute atomic E-state index is 0.0112. The molecule has 6 heteroatoms. The average molecular weight is 249 g/mol. The van der Waals surface area contributed by atoms with E-state index in [4.69, 9.17) is 9.47 Å². The van der Waals surface area contributed by atoms with Gasteiger partial charge in [-0.05, 0) is 6.07 Å². The molecule has 2 atom stereocenters. The van der Waals surface area contributed by atoms with Gasteiger partial charge in [-0.25, -0.2) is 4.79 Å². The monoisotopic (exact) mass is 249 g/mol. The van der Waals surface area contributed by atoms with Gasteiger partial charge < -0.3 is 9.47 Å². The highest BCUT2D eigenvalue weighted by atomic mass is 16.6. The van der Waals surface area contributed by atoms with E-state index in [0.29, 0.717) is 5.75 Å². The maximum absolute atomic E-state index is 11.8. The summed E-state index contributed by atoms with van der Waals surface area (Å²) in [5, 5.41) is 11.0. The number of hydrogen-bond acceptors (Lipinski definition) is 5. The van der Waals surface area contributed by atoms with Gasteiger partial charge in [0.15, 0.2) is 0 Å². The fourth-order valence-electron chi connectivity index (χ4n) is 2.28. The van der Waals surface area contributed by atoms with Gasteiger partial charge >= 0.3 is 11.5 Å². The molecule has 1 heterocycles. The van der Waals surface area contributed by atoms with Crippen LogP contribution in [0.4, 0.5) is 0 Å². The van der Waals surface area contributed by atoms with Gasteiger partial charge in [0.2, 0.25) is 0 Å². The number of carbonyl (C=O) groups excluding carboxylic acids is 1. The predicted molar refractivity (Wildman–Crippen MR) is 59.6 cm³/mol. The number of rotatable bonds is 1. The van der Waals surface area contributed by atoms with E-state index in [9.17, 15) is 14.9 Å². The molecule has 1 fully saturated rings. The molecule has 0 saturated heterocycles. The number of hydrogen-bond donors (Lipinski definition) is 0. The largest absolute Gasteiger partial charge is 0.493 e. The van der Waals surface area contributed by atoms with Crippen molar-refractivity contribution in [3.05, 3.63) is 39.9 Å². The zero-order valence-corrected chi connectivity index (χ0v) is 9.50. The summed E-state index contributed by atoms with van der Waals surface area (Å²) >= 11 is 0. The van der Waals surface area contributed by atoms with Gasteiger partial charge in [0.05, 0.1) is 12.5 Å². The first-order valence-electron chi connectivity index (χ1n) is 5.67. The third-order valence-corrected chi connectivity index (χ3v) is 3.52. The summed E-state index contributed by atoms with van der Waals surface area (Å²) < 4.78 is 10.6. The van der Waals surface area contributed by atoms with Gasteiger partial charge in [-0.2, -0.15) is 0 Å². The van der Waals surface area contributed by atoms with Crippen molar-refractivity contribution in [1.29, 1.82) is 0 Å². The lowest BCUT2D eigenvalue weighted by molar-refractivity contribution is -0.529. The average Bonchev–Trinajstić information content (AvgIpc) is 3.09. The lowest BCUT2D eigenvalue weighted by Gasteiger charge is -2.09. The Balaban J connectivity index is 1.91. The van der Waals surface area contributed by atoms with Crippen LogP contribution in [-0.2, 0) is 16.1 Å². The van der Waals surface area contributed by atoms with E-state index in [2.05, 4.69) is 0 Å².